The number of fused-ring (bicyclic) bond motifs is 1. The van der Waals surface area contributed by atoms with Crippen molar-refractivity contribution in [2.45, 2.75) is 0 Å². The highest BCUT2D eigenvalue weighted by atomic mass is 19.1. The lowest BCUT2D eigenvalue weighted by Gasteiger charge is -2.28. The van der Waals surface area contributed by atoms with Crippen LogP contribution in [0.1, 0.15) is 10.5 Å². The second kappa shape index (κ2) is 8.87. The monoisotopic (exact) mass is 447 g/mol. The molecule has 0 saturated carbocycles. The Morgan fingerprint density at radius 1 is 1.18 bits per heavy atom. The molecule has 2 aromatic carbocycles. The van der Waals surface area contributed by atoms with Crippen molar-refractivity contribution in [2.24, 2.45) is 0 Å². The number of ether oxygens (including phenoxy) is 2. The van der Waals surface area contributed by atoms with Gasteiger partial charge in [0.15, 0.2) is 5.69 Å². The molecule has 1 fully saturated rings. The normalized spacial score (nSPS) is 13.8. The van der Waals surface area contributed by atoms with Gasteiger partial charge in [-0.2, -0.15) is 5.10 Å². The van der Waals surface area contributed by atoms with E-state index in [4.69, 9.17) is 9.47 Å². The predicted molar refractivity (Wildman–Crippen MR) is 123 cm³/mol. The van der Waals surface area contributed by atoms with Crippen molar-refractivity contribution in [3.8, 4) is 17.0 Å². The van der Waals surface area contributed by atoms with Gasteiger partial charge in [-0.1, -0.05) is 6.07 Å². The Bertz CT molecular complexity index is 1300. The molecule has 168 valence electrons. The van der Waals surface area contributed by atoms with Crippen LogP contribution in [0.4, 0.5) is 15.8 Å². The number of carbonyl (C=O) groups is 1. The minimum absolute atomic E-state index is 0.196. The van der Waals surface area contributed by atoms with Gasteiger partial charge < -0.3 is 19.7 Å². The third kappa shape index (κ3) is 4.10. The van der Waals surface area contributed by atoms with Crippen molar-refractivity contribution in [3.05, 3.63) is 66.2 Å². The molecule has 2 aromatic heterocycles. The smallest absolute Gasteiger partial charge is 0.276 e. The Kier molecular flexibility index (Phi) is 5.62. The van der Waals surface area contributed by atoms with Gasteiger partial charge in [0.25, 0.3) is 5.91 Å². The summed E-state index contributed by atoms with van der Waals surface area (Å²) in [4.78, 5) is 19.5. The van der Waals surface area contributed by atoms with E-state index < -0.39 is 5.82 Å². The number of nitrogens with one attached hydrogen (secondary N) is 2. The van der Waals surface area contributed by atoms with Crippen LogP contribution >= 0.6 is 0 Å². The Morgan fingerprint density at radius 3 is 2.73 bits per heavy atom. The Hall–Kier alpha value is -3.98. The second-order valence-electron chi connectivity index (χ2n) is 7.60. The minimum Gasteiger partial charge on any atom is -0.496 e. The molecule has 0 bridgehead atoms. The van der Waals surface area contributed by atoms with Gasteiger partial charge in [0.05, 0.1) is 43.3 Å². The van der Waals surface area contributed by atoms with E-state index in [0.717, 1.165) is 18.8 Å². The average molecular weight is 447 g/mol. The third-order valence-corrected chi connectivity index (χ3v) is 5.62. The maximum atomic E-state index is 14.5. The molecule has 1 aliphatic rings. The maximum absolute atomic E-state index is 14.5. The molecule has 0 radical (unpaired) electrons. The Balaban J connectivity index is 1.41. The number of amides is 1. The molecule has 2 N–H and O–H groups in total. The first kappa shape index (κ1) is 20.9. The van der Waals surface area contributed by atoms with E-state index in [-0.39, 0.29) is 17.2 Å². The Morgan fingerprint density at radius 2 is 1.97 bits per heavy atom. The van der Waals surface area contributed by atoms with E-state index in [1.54, 1.807) is 18.2 Å². The third-order valence-electron chi connectivity index (χ3n) is 5.62. The summed E-state index contributed by atoms with van der Waals surface area (Å²) in [6, 6.07) is 13.9. The molecule has 33 heavy (non-hydrogen) atoms. The number of aromatic amines is 1. The molecule has 1 saturated heterocycles. The van der Waals surface area contributed by atoms with Gasteiger partial charge in [-0.25, -0.2) is 4.39 Å². The van der Waals surface area contributed by atoms with Crippen LogP contribution in [0.25, 0.3) is 22.2 Å². The fourth-order valence-corrected chi connectivity index (χ4v) is 3.92. The van der Waals surface area contributed by atoms with Gasteiger partial charge >= 0.3 is 0 Å². The van der Waals surface area contributed by atoms with Crippen molar-refractivity contribution >= 4 is 28.2 Å². The number of benzene rings is 2. The number of pyridine rings is 1. The summed E-state index contributed by atoms with van der Waals surface area (Å²) in [6.45, 7) is 3.10. The number of morpholine rings is 1. The van der Waals surface area contributed by atoms with Gasteiger partial charge in [-0.05, 0) is 42.5 Å². The highest BCUT2D eigenvalue weighted by Gasteiger charge is 2.19. The number of hydrogen-bond acceptors (Lipinski definition) is 6. The van der Waals surface area contributed by atoms with Crippen LogP contribution in [0.2, 0.25) is 0 Å². The number of anilines is 2. The molecule has 0 atom stereocenters. The first-order chi connectivity index (χ1) is 16.1. The quantitative estimate of drug-likeness (QED) is 0.483. The van der Waals surface area contributed by atoms with Crippen LogP contribution in [0, 0.1) is 5.82 Å². The highest BCUT2D eigenvalue weighted by molar-refractivity contribution is 6.11. The number of H-pyrrole nitrogens is 1. The van der Waals surface area contributed by atoms with Gasteiger partial charge in [-0.3, -0.25) is 14.9 Å². The fourth-order valence-electron chi connectivity index (χ4n) is 3.92. The topological polar surface area (TPSA) is 92.4 Å². The minimum atomic E-state index is -0.462. The first-order valence-electron chi connectivity index (χ1n) is 10.5. The molecule has 5 rings (SSSR count). The summed E-state index contributed by atoms with van der Waals surface area (Å²) in [5, 5.41) is 10.4. The van der Waals surface area contributed by atoms with Gasteiger partial charge in [0.1, 0.15) is 11.6 Å². The number of halogens is 1. The zero-order valence-corrected chi connectivity index (χ0v) is 18.0. The standard InChI is InChI=1S/C24H22FN5O3/c1-32-21-4-2-3-18(25)22(21)19-13-17-20(14-26-19)28-29-23(17)24(31)27-15-5-7-16(8-6-15)30-9-11-33-12-10-30/h2-8,13-14H,9-12H2,1H3,(H,27,31)(H,28,29). The fraction of sp³-hybridized carbons (Fsp3) is 0.208. The summed E-state index contributed by atoms with van der Waals surface area (Å²) in [5.41, 5.74) is 3.08. The molecular weight excluding hydrogens is 425 g/mol. The van der Waals surface area contributed by atoms with Crippen molar-refractivity contribution in [1.29, 1.82) is 0 Å². The van der Waals surface area contributed by atoms with Crippen LogP contribution in [0.3, 0.4) is 0 Å². The number of methoxy groups -OCH3 is 1. The van der Waals surface area contributed by atoms with E-state index >= 15 is 0 Å². The van der Waals surface area contributed by atoms with E-state index in [1.807, 2.05) is 24.3 Å². The highest BCUT2D eigenvalue weighted by Crippen LogP contribution is 2.33. The van der Waals surface area contributed by atoms with Crippen LogP contribution < -0.4 is 15.0 Å². The SMILES string of the molecule is COc1cccc(F)c1-c1cc2c(C(=O)Nc3ccc(N4CCOCC4)cc3)n[nH]c2cn1. The van der Waals surface area contributed by atoms with E-state index in [1.165, 1.54) is 19.4 Å². The van der Waals surface area contributed by atoms with Crippen LogP contribution in [0.15, 0.2) is 54.7 Å². The maximum Gasteiger partial charge on any atom is 0.276 e. The summed E-state index contributed by atoms with van der Waals surface area (Å²) in [5.74, 6) is -0.481. The van der Waals surface area contributed by atoms with Crippen molar-refractivity contribution < 1.29 is 18.7 Å². The lowest BCUT2D eigenvalue weighted by molar-refractivity contribution is 0.102. The molecular formula is C24H22FN5O3. The zero-order valence-electron chi connectivity index (χ0n) is 18.0. The van der Waals surface area contributed by atoms with Gasteiger partial charge in [0, 0.05) is 29.9 Å². The first-order valence-corrected chi connectivity index (χ1v) is 10.5. The number of aromatic nitrogens is 3. The number of hydrogen-bond donors (Lipinski definition) is 2. The molecule has 8 nitrogen and oxygen atoms in total. The molecule has 1 amide bonds. The summed E-state index contributed by atoms with van der Waals surface area (Å²) in [7, 11) is 1.47. The number of carbonyl (C=O) groups excluding carboxylic acids is 1. The van der Waals surface area contributed by atoms with Crippen molar-refractivity contribution in [3.63, 3.8) is 0 Å². The van der Waals surface area contributed by atoms with Crippen molar-refractivity contribution in [2.75, 3.05) is 43.6 Å². The summed E-state index contributed by atoms with van der Waals surface area (Å²) < 4.78 is 25.2. The van der Waals surface area contributed by atoms with Crippen LogP contribution in [-0.4, -0.2) is 54.5 Å². The molecule has 3 heterocycles. The predicted octanol–water partition coefficient (Wildman–Crippen LogP) is 3.86. The average Bonchev–Trinajstić information content (AvgIpc) is 3.28. The van der Waals surface area contributed by atoms with Crippen molar-refractivity contribution in [1.82, 2.24) is 15.2 Å². The molecule has 0 unspecified atom stereocenters. The van der Waals surface area contributed by atoms with Crippen LogP contribution in [-0.2, 0) is 4.74 Å². The van der Waals surface area contributed by atoms with Crippen LogP contribution in [0.5, 0.6) is 5.75 Å². The molecule has 9 heteroatoms. The van der Waals surface area contributed by atoms with Gasteiger partial charge in [-0.15, -0.1) is 0 Å². The lowest BCUT2D eigenvalue weighted by atomic mass is 10.1. The summed E-state index contributed by atoms with van der Waals surface area (Å²) in [6.07, 6.45) is 1.53. The molecule has 1 aliphatic heterocycles. The van der Waals surface area contributed by atoms with E-state index in [2.05, 4.69) is 25.4 Å². The molecule has 4 aromatic rings. The lowest BCUT2D eigenvalue weighted by Crippen LogP contribution is -2.36. The largest absolute Gasteiger partial charge is 0.496 e. The van der Waals surface area contributed by atoms with Gasteiger partial charge in [0.2, 0.25) is 0 Å². The van der Waals surface area contributed by atoms with E-state index in [0.29, 0.717) is 41.2 Å². The van der Waals surface area contributed by atoms with E-state index in [9.17, 15) is 9.18 Å². The Labute approximate surface area is 189 Å². The summed E-state index contributed by atoms with van der Waals surface area (Å²) >= 11 is 0. The number of rotatable bonds is 5. The number of nitrogens with zero attached hydrogens (tertiary/aromatic N) is 3. The molecule has 0 spiro atoms. The molecule has 0 aliphatic carbocycles. The second-order valence-corrected chi connectivity index (χ2v) is 7.60. The zero-order chi connectivity index (χ0) is 22.8.